The molecular formula is C25H34N6O2S. The lowest BCUT2D eigenvalue weighted by atomic mass is 10.0. The number of hydrogen-bond acceptors (Lipinski definition) is 7. The van der Waals surface area contributed by atoms with Gasteiger partial charge in [0.05, 0.1) is 0 Å². The summed E-state index contributed by atoms with van der Waals surface area (Å²) in [5, 5.41) is 6.51. The number of carbonyl (C=O) groups is 2. The molecule has 2 aromatic rings. The Bertz CT molecular complexity index is 970. The molecule has 3 N–H and O–H groups in total. The lowest BCUT2D eigenvalue weighted by molar-refractivity contribution is -0.129. The zero-order valence-corrected chi connectivity index (χ0v) is 20.7. The van der Waals surface area contributed by atoms with E-state index < -0.39 is 0 Å². The fourth-order valence-corrected chi connectivity index (χ4v) is 5.16. The first-order valence-electron chi connectivity index (χ1n) is 11.9. The van der Waals surface area contributed by atoms with Crippen molar-refractivity contribution < 1.29 is 9.59 Å². The Morgan fingerprint density at radius 2 is 1.85 bits per heavy atom. The molecule has 4 rings (SSSR count). The highest BCUT2D eigenvalue weighted by atomic mass is 32.2. The number of aromatic nitrogens is 1. The summed E-state index contributed by atoms with van der Waals surface area (Å²) in [5.74, 6) is 0.718. The van der Waals surface area contributed by atoms with E-state index in [9.17, 15) is 9.59 Å². The van der Waals surface area contributed by atoms with Gasteiger partial charge in [0.25, 0.3) is 5.91 Å². The van der Waals surface area contributed by atoms with Crippen LogP contribution in [-0.2, 0) is 17.9 Å². The molecule has 1 atom stereocenters. The molecule has 182 valence electrons. The Kier molecular flexibility index (Phi) is 8.42. The Balaban J connectivity index is 1.27. The third-order valence-electron chi connectivity index (χ3n) is 6.49. The van der Waals surface area contributed by atoms with Gasteiger partial charge in [0.2, 0.25) is 5.91 Å². The number of fused-ring (bicyclic) bond motifs is 1. The molecule has 0 saturated carbocycles. The fraction of sp³-hybridized carbons (Fsp3) is 0.480. The van der Waals surface area contributed by atoms with Crippen LogP contribution in [0.1, 0.15) is 41.3 Å². The van der Waals surface area contributed by atoms with Crippen molar-refractivity contribution in [1.82, 2.24) is 24.8 Å². The lowest BCUT2D eigenvalue weighted by Gasteiger charge is -2.32. The van der Waals surface area contributed by atoms with Gasteiger partial charge in [-0.1, -0.05) is 36.2 Å². The summed E-state index contributed by atoms with van der Waals surface area (Å²) in [6, 6.07) is 12.5. The molecule has 1 fully saturated rings. The highest BCUT2D eigenvalue weighted by molar-refractivity contribution is 7.96. The van der Waals surface area contributed by atoms with Crippen LogP contribution >= 0.6 is 11.9 Å². The van der Waals surface area contributed by atoms with Crippen LogP contribution in [0.4, 0.5) is 5.82 Å². The third kappa shape index (κ3) is 6.49. The molecule has 3 heterocycles. The molecule has 1 aromatic carbocycles. The number of amides is 2. The molecule has 0 unspecified atom stereocenters. The molecule has 2 aliphatic heterocycles. The zero-order chi connectivity index (χ0) is 23.9. The molecule has 0 aliphatic carbocycles. The van der Waals surface area contributed by atoms with E-state index in [1.807, 2.05) is 11.2 Å². The van der Waals surface area contributed by atoms with E-state index in [0.29, 0.717) is 17.9 Å². The molecule has 0 radical (unpaired) electrons. The second-order valence-corrected chi connectivity index (χ2v) is 9.67. The van der Waals surface area contributed by atoms with Crippen LogP contribution in [0, 0.1) is 0 Å². The van der Waals surface area contributed by atoms with Crippen molar-refractivity contribution in [3.63, 3.8) is 0 Å². The Morgan fingerprint density at radius 3 is 2.50 bits per heavy atom. The first-order chi connectivity index (χ1) is 16.5. The normalized spacial score (nSPS) is 17.3. The van der Waals surface area contributed by atoms with Crippen LogP contribution in [0.25, 0.3) is 0 Å². The Labute approximate surface area is 206 Å². The highest BCUT2D eigenvalue weighted by Crippen LogP contribution is 2.22. The smallest absolute Gasteiger partial charge is 0.251 e. The molecule has 0 bridgehead atoms. The Hall–Kier alpha value is -2.62. The van der Waals surface area contributed by atoms with E-state index in [1.165, 1.54) is 11.1 Å². The largest absolute Gasteiger partial charge is 0.367 e. The van der Waals surface area contributed by atoms with Crippen LogP contribution < -0.4 is 15.4 Å². The minimum absolute atomic E-state index is 0.102. The summed E-state index contributed by atoms with van der Waals surface area (Å²) < 4.78 is 3.43. The number of rotatable bonds is 9. The third-order valence-corrected chi connectivity index (χ3v) is 7.06. The summed E-state index contributed by atoms with van der Waals surface area (Å²) in [6.45, 7) is 6.40. The van der Waals surface area contributed by atoms with Crippen LogP contribution in [0.2, 0.25) is 0 Å². The molecule has 1 aromatic heterocycles. The minimum atomic E-state index is -0.102. The maximum Gasteiger partial charge on any atom is 0.251 e. The van der Waals surface area contributed by atoms with Gasteiger partial charge in [-0.15, -0.1) is 0 Å². The van der Waals surface area contributed by atoms with E-state index in [-0.39, 0.29) is 23.9 Å². The number of nitrogens with one attached hydrogen (secondary N) is 3. The molecule has 9 heteroatoms. The first-order valence-corrected chi connectivity index (χ1v) is 13.1. The molecule has 2 amide bonds. The van der Waals surface area contributed by atoms with Gasteiger partial charge in [0, 0.05) is 70.0 Å². The number of pyridine rings is 1. The van der Waals surface area contributed by atoms with Crippen molar-refractivity contribution in [2.75, 3.05) is 37.8 Å². The molecule has 0 spiro atoms. The summed E-state index contributed by atoms with van der Waals surface area (Å²) >= 11 is 1.58. The quantitative estimate of drug-likeness (QED) is 0.473. The van der Waals surface area contributed by atoms with Gasteiger partial charge in [-0.25, -0.2) is 4.98 Å². The van der Waals surface area contributed by atoms with Crippen LogP contribution in [0.5, 0.6) is 0 Å². The SMILES string of the molecule is CSN[C@@H](CNC(=O)c1ccnc(NC2CCN(C(C)=O)CC2)c1)CN1Cc2ccccc2C1. The van der Waals surface area contributed by atoms with E-state index in [4.69, 9.17) is 0 Å². The predicted molar refractivity (Wildman–Crippen MR) is 136 cm³/mol. The van der Waals surface area contributed by atoms with Gasteiger partial charge in [0.15, 0.2) is 0 Å². The van der Waals surface area contributed by atoms with Gasteiger partial charge < -0.3 is 15.5 Å². The van der Waals surface area contributed by atoms with E-state index in [0.717, 1.165) is 45.6 Å². The van der Waals surface area contributed by atoms with Gasteiger partial charge in [-0.05, 0) is 42.4 Å². The minimum Gasteiger partial charge on any atom is -0.367 e. The summed E-state index contributed by atoms with van der Waals surface area (Å²) in [6.07, 6.45) is 5.43. The van der Waals surface area contributed by atoms with E-state index in [1.54, 1.807) is 37.2 Å². The van der Waals surface area contributed by atoms with E-state index >= 15 is 0 Å². The second-order valence-electron chi connectivity index (χ2n) is 9.02. The molecule has 2 aliphatic rings. The van der Waals surface area contributed by atoms with Gasteiger partial charge in [-0.3, -0.25) is 19.2 Å². The predicted octanol–water partition coefficient (Wildman–Crippen LogP) is 2.49. The standard InChI is InChI=1S/C25H34N6O2S/c1-18(32)31-11-8-22(9-12-31)28-24-13-19(7-10-26-24)25(33)27-14-23(29-34-2)17-30-15-20-5-3-4-6-21(20)16-30/h3-7,10,13,22-23,29H,8-9,11-12,14-17H2,1-2H3,(H,26,28)(H,27,33)/t23-/m0/s1. The highest BCUT2D eigenvalue weighted by Gasteiger charge is 2.23. The number of anilines is 1. The van der Waals surface area contributed by atoms with Crippen molar-refractivity contribution >= 4 is 29.6 Å². The summed E-state index contributed by atoms with van der Waals surface area (Å²) in [7, 11) is 0. The van der Waals surface area contributed by atoms with Crippen LogP contribution in [0.15, 0.2) is 42.6 Å². The number of nitrogens with zero attached hydrogens (tertiary/aromatic N) is 3. The first kappa shape index (κ1) is 24.5. The fourth-order valence-electron chi connectivity index (χ4n) is 4.67. The maximum atomic E-state index is 12.9. The number of carbonyl (C=O) groups excluding carboxylic acids is 2. The van der Waals surface area contributed by atoms with Crippen molar-refractivity contribution in [3.8, 4) is 0 Å². The van der Waals surface area contributed by atoms with Crippen molar-refractivity contribution in [1.29, 1.82) is 0 Å². The second kappa shape index (κ2) is 11.7. The number of hydrogen-bond donors (Lipinski definition) is 3. The molecular weight excluding hydrogens is 448 g/mol. The number of piperidine rings is 1. The maximum absolute atomic E-state index is 12.9. The molecule has 8 nitrogen and oxygen atoms in total. The monoisotopic (exact) mass is 482 g/mol. The van der Waals surface area contributed by atoms with Gasteiger partial charge in [-0.2, -0.15) is 0 Å². The average molecular weight is 483 g/mol. The average Bonchev–Trinajstić information content (AvgIpc) is 3.25. The number of benzene rings is 1. The van der Waals surface area contributed by atoms with Gasteiger partial charge in [0.1, 0.15) is 5.82 Å². The van der Waals surface area contributed by atoms with E-state index in [2.05, 4.69) is 49.5 Å². The lowest BCUT2D eigenvalue weighted by Crippen LogP contribution is -2.44. The van der Waals surface area contributed by atoms with Crippen LogP contribution in [0.3, 0.4) is 0 Å². The van der Waals surface area contributed by atoms with Crippen molar-refractivity contribution in [2.45, 2.75) is 44.9 Å². The van der Waals surface area contributed by atoms with Gasteiger partial charge >= 0.3 is 0 Å². The van der Waals surface area contributed by atoms with Crippen molar-refractivity contribution in [2.24, 2.45) is 0 Å². The topological polar surface area (TPSA) is 89.6 Å². The van der Waals surface area contributed by atoms with Crippen LogP contribution in [-0.4, -0.2) is 71.1 Å². The molecule has 1 saturated heterocycles. The number of likely N-dealkylation sites (tertiary alicyclic amines) is 1. The Morgan fingerprint density at radius 1 is 1.15 bits per heavy atom. The molecule has 34 heavy (non-hydrogen) atoms. The zero-order valence-electron chi connectivity index (χ0n) is 19.9. The van der Waals surface area contributed by atoms with Crippen molar-refractivity contribution in [3.05, 3.63) is 59.3 Å². The summed E-state index contributed by atoms with van der Waals surface area (Å²) in [5.41, 5.74) is 3.37. The summed E-state index contributed by atoms with van der Waals surface area (Å²) in [4.78, 5) is 33.1.